The Hall–Kier alpha value is -1.85. The molecule has 1 unspecified atom stereocenters. The maximum absolute atomic E-state index is 12.5. The Morgan fingerprint density at radius 1 is 1.24 bits per heavy atom. The van der Waals surface area contributed by atoms with E-state index in [9.17, 15) is 4.79 Å². The zero-order valence-electron chi connectivity index (χ0n) is 14.4. The van der Waals surface area contributed by atoms with Crippen LogP contribution in [0.1, 0.15) is 41.6 Å². The van der Waals surface area contributed by atoms with Crippen molar-refractivity contribution in [1.82, 2.24) is 20.0 Å². The number of fused-ring (bicyclic) bond motifs is 2. The molecule has 2 bridgehead atoms. The fourth-order valence-corrected chi connectivity index (χ4v) is 4.33. The Kier molecular flexibility index (Phi) is 4.52. The Bertz CT molecular complexity index is 743. The minimum absolute atomic E-state index is 0.0302. The maximum atomic E-state index is 12.5. The van der Waals surface area contributed by atoms with Crippen LogP contribution in [0.4, 0.5) is 0 Å². The average molecular weight is 359 g/mol. The predicted molar refractivity (Wildman–Crippen MR) is 97.8 cm³/mol. The van der Waals surface area contributed by atoms with Crippen LogP contribution in [0.15, 0.2) is 36.7 Å². The van der Waals surface area contributed by atoms with E-state index in [0.29, 0.717) is 35.3 Å². The van der Waals surface area contributed by atoms with Crippen LogP contribution in [-0.4, -0.2) is 45.8 Å². The Morgan fingerprint density at radius 2 is 1.92 bits per heavy atom. The number of hydrogen-bond acceptors (Lipinski definition) is 3. The molecule has 0 saturated carbocycles. The van der Waals surface area contributed by atoms with E-state index in [1.807, 2.05) is 24.3 Å². The van der Waals surface area contributed by atoms with Crippen molar-refractivity contribution < 1.29 is 4.79 Å². The summed E-state index contributed by atoms with van der Waals surface area (Å²) >= 11 is 5.88. The molecule has 5 nitrogen and oxygen atoms in total. The summed E-state index contributed by atoms with van der Waals surface area (Å²) in [5.41, 5.74) is 1.81. The standard InChI is InChI=1S/C19H23ClN4O/c1-23-17-6-7-18(23)9-16(8-17)22-19(25)14-4-2-13(3-5-14)11-24-12-15(20)10-21-24/h2-5,10,12,16-18H,6-9,11H2,1H3,(H,22,25)/t16?,17-,18+. The Balaban J connectivity index is 1.36. The number of amides is 1. The first kappa shape index (κ1) is 16.6. The zero-order valence-corrected chi connectivity index (χ0v) is 15.1. The second-order valence-electron chi connectivity index (χ2n) is 7.25. The average Bonchev–Trinajstić information content (AvgIpc) is 3.07. The number of hydrogen-bond donors (Lipinski definition) is 1. The lowest BCUT2D eigenvalue weighted by atomic mass is 9.97. The second kappa shape index (κ2) is 6.81. The van der Waals surface area contributed by atoms with Gasteiger partial charge in [0, 0.05) is 29.9 Å². The molecule has 4 rings (SSSR count). The molecule has 2 aromatic rings. The molecule has 3 atom stereocenters. The number of carbonyl (C=O) groups excluding carboxylic acids is 1. The highest BCUT2D eigenvalue weighted by molar-refractivity contribution is 6.30. The molecule has 3 heterocycles. The third-order valence-corrected chi connectivity index (χ3v) is 5.79. The highest BCUT2D eigenvalue weighted by Gasteiger charge is 2.38. The topological polar surface area (TPSA) is 50.2 Å². The lowest BCUT2D eigenvalue weighted by Crippen LogP contribution is -2.48. The lowest BCUT2D eigenvalue weighted by Gasteiger charge is -2.36. The van der Waals surface area contributed by atoms with Crippen LogP contribution < -0.4 is 5.32 Å². The van der Waals surface area contributed by atoms with Crippen molar-refractivity contribution in [2.45, 2.75) is 50.4 Å². The van der Waals surface area contributed by atoms with Gasteiger partial charge in [-0.05, 0) is 50.4 Å². The molecule has 2 aliphatic heterocycles. The van der Waals surface area contributed by atoms with E-state index >= 15 is 0 Å². The molecule has 1 amide bonds. The number of benzene rings is 1. The van der Waals surface area contributed by atoms with Gasteiger partial charge in [-0.1, -0.05) is 23.7 Å². The fraction of sp³-hybridized carbons (Fsp3) is 0.474. The van der Waals surface area contributed by atoms with Crippen molar-refractivity contribution in [3.63, 3.8) is 0 Å². The van der Waals surface area contributed by atoms with Gasteiger partial charge < -0.3 is 10.2 Å². The van der Waals surface area contributed by atoms with Crippen LogP contribution in [0, 0.1) is 0 Å². The molecule has 1 N–H and O–H groups in total. The summed E-state index contributed by atoms with van der Waals surface area (Å²) in [5, 5.41) is 8.03. The summed E-state index contributed by atoms with van der Waals surface area (Å²) in [6.45, 7) is 0.646. The smallest absolute Gasteiger partial charge is 0.251 e. The summed E-state index contributed by atoms with van der Waals surface area (Å²) < 4.78 is 1.78. The number of rotatable bonds is 4. The van der Waals surface area contributed by atoms with E-state index < -0.39 is 0 Å². The molecule has 0 spiro atoms. The summed E-state index contributed by atoms with van der Waals surface area (Å²) in [7, 11) is 2.21. The van der Waals surface area contributed by atoms with Crippen molar-refractivity contribution in [3.8, 4) is 0 Å². The molecule has 2 aliphatic rings. The molecule has 25 heavy (non-hydrogen) atoms. The van der Waals surface area contributed by atoms with Gasteiger partial charge in [0.2, 0.25) is 0 Å². The van der Waals surface area contributed by atoms with E-state index in [1.54, 1.807) is 17.1 Å². The first-order valence-electron chi connectivity index (χ1n) is 8.88. The van der Waals surface area contributed by atoms with Crippen LogP contribution in [0.3, 0.4) is 0 Å². The summed E-state index contributed by atoms with van der Waals surface area (Å²) in [6.07, 6.45) is 8.07. The van der Waals surface area contributed by atoms with Gasteiger partial charge >= 0.3 is 0 Å². The van der Waals surface area contributed by atoms with Crippen LogP contribution >= 0.6 is 11.6 Å². The minimum Gasteiger partial charge on any atom is -0.349 e. The molecular formula is C19H23ClN4O. The zero-order chi connectivity index (χ0) is 17.4. The molecule has 1 aromatic heterocycles. The van der Waals surface area contributed by atoms with Crippen molar-refractivity contribution in [3.05, 3.63) is 52.8 Å². The largest absolute Gasteiger partial charge is 0.349 e. The fourth-order valence-electron chi connectivity index (χ4n) is 4.17. The van der Waals surface area contributed by atoms with E-state index in [-0.39, 0.29) is 5.91 Å². The monoisotopic (exact) mass is 358 g/mol. The van der Waals surface area contributed by atoms with Crippen molar-refractivity contribution in [2.75, 3.05) is 7.05 Å². The van der Waals surface area contributed by atoms with Crippen molar-refractivity contribution in [1.29, 1.82) is 0 Å². The Labute approximate surface area is 153 Å². The number of nitrogens with one attached hydrogen (secondary N) is 1. The summed E-state index contributed by atoms with van der Waals surface area (Å²) in [4.78, 5) is 15.0. The second-order valence-corrected chi connectivity index (χ2v) is 7.68. The maximum Gasteiger partial charge on any atom is 0.251 e. The number of piperidine rings is 1. The quantitative estimate of drug-likeness (QED) is 0.914. The number of halogens is 1. The van der Waals surface area contributed by atoms with E-state index in [0.717, 1.165) is 18.4 Å². The molecule has 2 saturated heterocycles. The van der Waals surface area contributed by atoms with Gasteiger partial charge in [-0.25, -0.2) is 0 Å². The number of aromatic nitrogens is 2. The molecule has 2 fully saturated rings. The summed E-state index contributed by atoms with van der Waals surface area (Å²) in [5.74, 6) is 0.0302. The van der Waals surface area contributed by atoms with E-state index in [4.69, 9.17) is 11.6 Å². The van der Waals surface area contributed by atoms with Crippen LogP contribution in [0.5, 0.6) is 0 Å². The predicted octanol–water partition coefficient (Wildman–Crippen LogP) is 2.94. The minimum atomic E-state index is 0.0302. The van der Waals surface area contributed by atoms with Gasteiger partial charge in [-0.3, -0.25) is 9.48 Å². The third-order valence-electron chi connectivity index (χ3n) is 5.60. The lowest BCUT2D eigenvalue weighted by molar-refractivity contribution is 0.0882. The highest BCUT2D eigenvalue weighted by atomic mass is 35.5. The van der Waals surface area contributed by atoms with Crippen LogP contribution in [-0.2, 0) is 6.54 Å². The normalized spacial score (nSPS) is 25.9. The van der Waals surface area contributed by atoms with Gasteiger partial charge in [-0.15, -0.1) is 0 Å². The molecule has 0 aliphatic carbocycles. The molecule has 132 valence electrons. The first-order valence-corrected chi connectivity index (χ1v) is 9.26. The van der Waals surface area contributed by atoms with Gasteiger partial charge in [0.1, 0.15) is 0 Å². The SMILES string of the molecule is CN1[C@@H]2CC[C@H]1CC(NC(=O)c1ccc(Cn3cc(Cl)cn3)cc1)C2. The van der Waals surface area contributed by atoms with Crippen molar-refractivity contribution in [2.24, 2.45) is 0 Å². The van der Waals surface area contributed by atoms with Gasteiger partial charge in [0.05, 0.1) is 17.8 Å². The first-order chi connectivity index (χ1) is 12.1. The Morgan fingerprint density at radius 3 is 2.52 bits per heavy atom. The van der Waals surface area contributed by atoms with Crippen LogP contribution in [0.2, 0.25) is 5.02 Å². The van der Waals surface area contributed by atoms with Gasteiger partial charge in [0.15, 0.2) is 0 Å². The molecule has 1 aromatic carbocycles. The van der Waals surface area contributed by atoms with E-state index in [1.165, 1.54) is 12.8 Å². The number of nitrogens with zero attached hydrogens (tertiary/aromatic N) is 3. The van der Waals surface area contributed by atoms with Gasteiger partial charge in [-0.2, -0.15) is 5.10 Å². The van der Waals surface area contributed by atoms with E-state index in [2.05, 4.69) is 22.4 Å². The van der Waals surface area contributed by atoms with Crippen LogP contribution in [0.25, 0.3) is 0 Å². The highest BCUT2D eigenvalue weighted by Crippen LogP contribution is 2.34. The molecular weight excluding hydrogens is 336 g/mol. The van der Waals surface area contributed by atoms with Gasteiger partial charge in [0.25, 0.3) is 5.91 Å². The summed E-state index contributed by atoms with van der Waals surface area (Å²) in [6, 6.07) is 9.29. The molecule has 0 radical (unpaired) electrons. The third kappa shape index (κ3) is 3.58. The van der Waals surface area contributed by atoms with Crippen molar-refractivity contribution >= 4 is 17.5 Å². The molecule has 6 heteroatoms. The number of carbonyl (C=O) groups is 1.